The molecule has 2 aromatic carbocycles. The molecule has 146 valence electrons. The highest BCUT2D eigenvalue weighted by molar-refractivity contribution is 14.1. The molecule has 1 heterocycles. The minimum Gasteiger partial charge on any atom is -0.340 e. The molecule has 0 bridgehead atoms. The first-order chi connectivity index (χ1) is 13.3. The molecule has 0 saturated heterocycles. The van der Waals surface area contributed by atoms with Gasteiger partial charge >= 0.3 is 0 Å². The Bertz CT molecular complexity index is 1130. The Morgan fingerprint density at radius 2 is 1.79 bits per heavy atom. The second-order valence-corrected chi connectivity index (χ2v) is 10.2. The van der Waals surface area contributed by atoms with Gasteiger partial charge in [0, 0.05) is 34.4 Å². The Kier molecular flexibility index (Phi) is 6.34. The average Bonchev–Trinajstić information content (AvgIpc) is 2.66. The van der Waals surface area contributed by atoms with Crippen molar-refractivity contribution in [3.63, 3.8) is 0 Å². The van der Waals surface area contributed by atoms with Crippen LogP contribution in [-0.2, 0) is 9.84 Å². The number of pyridine rings is 1. The van der Waals surface area contributed by atoms with E-state index >= 15 is 0 Å². The van der Waals surface area contributed by atoms with Gasteiger partial charge in [-0.2, -0.15) is 0 Å². The molecule has 0 aliphatic heterocycles. The van der Waals surface area contributed by atoms with Gasteiger partial charge < -0.3 is 4.90 Å². The van der Waals surface area contributed by atoms with Gasteiger partial charge in [0.25, 0.3) is 5.91 Å². The first-order valence-corrected chi connectivity index (χ1v) is 12.0. The number of rotatable bonds is 6. The fourth-order valence-electron chi connectivity index (χ4n) is 3.03. The van der Waals surface area contributed by atoms with Gasteiger partial charge in [0.1, 0.15) is 15.5 Å². The maximum Gasteiger partial charge on any atom is 0.272 e. The normalized spacial score (nSPS) is 11.5. The van der Waals surface area contributed by atoms with E-state index in [1.165, 1.54) is 11.2 Å². The number of fused-ring (bicyclic) bond motifs is 1. The summed E-state index contributed by atoms with van der Waals surface area (Å²) in [6, 6.07) is 17.6. The Morgan fingerprint density at radius 3 is 2.50 bits per heavy atom. The van der Waals surface area contributed by atoms with Crippen LogP contribution in [0.2, 0.25) is 0 Å². The van der Waals surface area contributed by atoms with Gasteiger partial charge in [-0.1, -0.05) is 42.5 Å². The van der Waals surface area contributed by atoms with Crippen LogP contribution >= 0.6 is 22.6 Å². The van der Waals surface area contributed by atoms with Crippen LogP contribution in [0.1, 0.15) is 16.9 Å². The number of sulfone groups is 1. The standard InChI is InChI=1S/C21H21IN2O3S/c1-24(12-7-13-28(2,26)27)21(25)19-14-15-8-3-4-9-16(15)20(23-19)17-10-5-6-11-18(17)22/h3-6,8-11,14H,7,12-13H2,1-2H3. The molecule has 0 unspecified atom stereocenters. The number of nitrogens with zero attached hydrogens (tertiary/aromatic N) is 2. The van der Waals surface area contributed by atoms with Crippen molar-refractivity contribution in [1.82, 2.24) is 9.88 Å². The van der Waals surface area contributed by atoms with Crippen LogP contribution < -0.4 is 0 Å². The summed E-state index contributed by atoms with van der Waals surface area (Å²) in [5, 5.41) is 1.93. The van der Waals surface area contributed by atoms with Crippen molar-refractivity contribution in [3.8, 4) is 11.3 Å². The van der Waals surface area contributed by atoms with Gasteiger partial charge in [0.2, 0.25) is 0 Å². The molecule has 0 spiro atoms. The molecule has 5 nitrogen and oxygen atoms in total. The molecule has 0 fully saturated rings. The van der Waals surface area contributed by atoms with Gasteiger partial charge in [0.05, 0.1) is 11.4 Å². The molecule has 0 atom stereocenters. The van der Waals surface area contributed by atoms with Gasteiger partial charge in [-0.25, -0.2) is 13.4 Å². The molecule has 7 heteroatoms. The zero-order valence-electron chi connectivity index (χ0n) is 15.7. The summed E-state index contributed by atoms with van der Waals surface area (Å²) in [5.41, 5.74) is 2.11. The molecule has 3 aromatic rings. The summed E-state index contributed by atoms with van der Waals surface area (Å²) >= 11 is 2.27. The van der Waals surface area contributed by atoms with Crippen LogP contribution in [0.25, 0.3) is 22.0 Å². The van der Waals surface area contributed by atoms with E-state index in [4.69, 9.17) is 4.98 Å². The third-order valence-electron chi connectivity index (χ3n) is 4.44. The number of amides is 1. The van der Waals surface area contributed by atoms with E-state index in [1.807, 2.05) is 48.5 Å². The third kappa shape index (κ3) is 4.88. The highest BCUT2D eigenvalue weighted by Crippen LogP contribution is 2.31. The lowest BCUT2D eigenvalue weighted by molar-refractivity contribution is 0.0790. The van der Waals surface area contributed by atoms with Crippen molar-refractivity contribution in [3.05, 3.63) is 63.9 Å². The SMILES string of the molecule is CN(CCCS(C)(=O)=O)C(=O)c1cc2ccccc2c(-c2ccccc2I)n1. The summed E-state index contributed by atoms with van der Waals surface area (Å²) in [7, 11) is -1.37. The van der Waals surface area contributed by atoms with E-state index < -0.39 is 9.84 Å². The lowest BCUT2D eigenvalue weighted by Crippen LogP contribution is -2.29. The zero-order valence-corrected chi connectivity index (χ0v) is 18.7. The van der Waals surface area contributed by atoms with Crippen molar-refractivity contribution in [2.75, 3.05) is 25.6 Å². The van der Waals surface area contributed by atoms with Crippen molar-refractivity contribution in [2.45, 2.75) is 6.42 Å². The second kappa shape index (κ2) is 8.57. The van der Waals surface area contributed by atoms with E-state index in [9.17, 15) is 13.2 Å². The minimum atomic E-state index is -3.04. The van der Waals surface area contributed by atoms with E-state index in [1.54, 1.807) is 13.1 Å². The van der Waals surface area contributed by atoms with Crippen LogP contribution in [0.4, 0.5) is 0 Å². The molecule has 1 aromatic heterocycles. The van der Waals surface area contributed by atoms with Crippen molar-refractivity contribution in [2.24, 2.45) is 0 Å². The molecule has 0 aliphatic rings. The van der Waals surface area contributed by atoms with E-state index in [0.29, 0.717) is 18.7 Å². The number of hydrogen-bond acceptors (Lipinski definition) is 4. The van der Waals surface area contributed by atoms with Gasteiger partial charge in [-0.05, 0) is 46.5 Å². The Balaban J connectivity index is 1.98. The van der Waals surface area contributed by atoms with Crippen LogP contribution in [0.3, 0.4) is 0 Å². The number of halogens is 1. The molecular weight excluding hydrogens is 487 g/mol. The molecule has 3 rings (SSSR count). The monoisotopic (exact) mass is 508 g/mol. The fourth-order valence-corrected chi connectivity index (χ4v) is 4.32. The summed E-state index contributed by atoms with van der Waals surface area (Å²) in [5.74, 6) is -0.157. The highest BCUT2D eigenvalue weighted by atomic mass is 127. The molecule has 0 aliphatic carbocycles. The van der Waals surface area contributed by atoms with Gasteiger partial charge in [0.15, 0.2) is 0 Å². The molecule has 0 N–H and O–H groups in total. The van der Waals surface area contributed by atoms with Crippen LogP contribution in [0, 0.1) is 3.57 Å². The van der Waals surface area contributed by atoms with Crippen molar-refractivity contribution >= 4 is 49.1 Å². The predicted octanol–water partition coefficient (Wildman–Crippen LogP) is 4.01. The Hall–Kier alpha value is -2.00. The number of aromatic nitrogens is 1. The molecule has 0 radical (unpaired) electrons. The number of carbonyl (C=O) groups is 1. The number of benzene rings is 2. The third-order valence-corrected chi connectivity index (χ3v) is 6.41. The highest BCUT2D eigenvalue weighted by Gasteiger charge is 2.18. The Morgan fingerprint density at radius 1 is 1.11 bits per heavy atom. The summed E-state index contributed by atoms with van der Waals surface area (Å²) in [6.45, 7) is 0.360. The van der Waals surface area contributed by atoms with Gasteiger partial charge in [-0.15, -0.1) is 0 Å². The second-order valence-electron chi connectivity index (χ2n) is 6.77. The van der Waals surface area contributed by atoms with Crippen molar-refractivity contribution < 1.29 is 13.2 Å². The lowest BCUT2D eigenvalue weighted by Gasteiger charge is -2.18. The topological polar surface area (TPSA) is 67.3 Å². The van der Waals surface area contributed by atoms with Crippen molar-refractivity contribution in [1.29, 1.82) is 0 Å². The molecule has 0 saturated carbocycles. The first kappa shape index (κ1) is 20.7. The summed E-state index contributed by atoms with van der Waals surface area (Å²) < 4.78 is 23.7. The zero-order chi connectivity index (χ0) is 20.3. The van der Waals surface area contributed by atoms with Crippen LogP contribution in [0.5, 0.6) is 0 Å². The van der Waals surface area contributed by atoms with Crippen LogP contribution in [-0.4, -0.2) is 49.8 Å². The van der Waals surface area contributed by atoms with Gasteiger partial charge in [-0.3, -0.25) is 4.79 Å². The minimum absolute atomic E-state index is 0.0588. The van der Waals surface area contributed by atoms with E-state index in [0.717, 1.165) is 25.6 Å². The first-order valence-electron chi connectivity index (χ1n) is 8.84. The quantitative estimate of drug-likeness (QED) is 0.472. The molecule has 1 amide bonds. The Labute approximate surface area is 178 Å². The molecular formula is C21H21IN2O3S. The van der Waals surface area contributed by atoms with E-state index in [-0.39, 0.29) is 11.7 Å². The summed E-state index contributed by atoms with van der Waals surface area (Å²) in [4.78, 5) is 19.1. The lowest BCUT2D eigenvalue weighted by atomic mass is 10.0. The smallest absolute Gasteiger partial charge is 0.272 e. The maximum absolute atomic E-state index is 12.9. The van der Waals surface area contributed by atoms with Crippen LogP contribution in [0.15, 0.2) is 54.6 Å². The largest absolute Gasteiger partial charge is 0.340 e. The number of hydrogen-bond donors (Lipinski definition) is 0. The fraction of sp³-hybridized carbons (Fsp3) is 0.238. The maximum atomic E-state index is 12.9. The number of carbonyl (C=O) groups excluding carboxylic acids is 1. The average molecular weight is 508 g/mol. The summed E-state index contributed by atoms with van der Waals surface area (Å²) in [6.07, 6.45) is 1.60. The molecule has 28 heavy (non-hydrogen) atoms. The van der Waals surface area contributed by atoms with E-state index in [2.05, 4.69) is 22.6 Å². The predicted molar refractivity (Wildman–Crippen MR) is 121 cm³/mol.